The average molecular weight is 290 g/mol. The van der Waals surface area contributed by atoms with E-state index in [-0.39, 0.29) is 5.91 Å². The molecule has 1 amide bonds. The minimum absolute atomic E-state index is 0.329. The Morgan fingerprint density at radius 1 is 1.24 bits per heavy atom. The second-order valence-corrected chi connectivity index (χ2v) is 5.78. The highest BCUT2D eigenvalue weighted by molar-refractivity contribution is 5.83. The zero-order chi connectivity index (χ0) is 15.9. The molecule has 116 valence electrons. The number of guanidine groups is 1. The van der Waals surface area contributed by atoms with Gasteiger partial charge < -0.3 is 16.4 Å². The van der Waals surface area contributed by atoms with Crippen LogP contribution in [-0.4, -0.2) is 25.0 Å². The number of benzene rings is 1. The van der Waals surface area contributed by atoms with Crippen molar-refractivity contribution in [2.45, 2.75) is 34.2 Å². The van der Waals surface area contributed by atoms with Crippen molar-refractivity contribution < 1.29 is 4.79 Å². The lowest BCUT2D eigenvalue weighted by Crippen LogP contribution is -2.46. The first-order chi connectivity index (χ1) is 9.85. The van der Waals surface area contributed by atoms with Crippen LogP contribution in [-0.2, 0) is 11.3 Å². The predicted molar refractivity (Wildman–Crippen MR) is 87.0 cm³/mol. The van der Waals surface area contributed by atoms with E-state index in [9.17, 15) is 4.79 Å². The highest BCUT2D eigenvalue weighted by atomic mass is 16.1. The summed E-state index contributed by atoms with van der Waals surface area (Å²) in [7, 11) is 0. The zero-order valence-corrected chi connectivity index (χ0v) is 13.4. The summed E-state index contributed by atoms with van der Waals surface area (Å²) in [6, 6.07) is 8.27. The molecule has 5 heteroatoms. The number of nitrogens with zero attached hydrogens (tertiary/aromatic N) is 1. The minimum atomic E-state index is -0.611. The van der Waals surface area contributed by atoms with Crippen LogP contribution in [0.1, 0.15) is 31.9 Å². The Balaban J connectivity index is 2.65. The van der Waals surface area contributed by atoms with Crippen LogP contribution in [0.25, 0.3) is 0 Å². The molecule has 0 saturated heterocycles. The summed E-state index contributed by atoms with van der Waals surface area (Å²) in [4.78, 5) is 15.8. The molecule has 0 aliphatic carbocycles. The first kappa shape index (κ1) is 17.0. The van der Waals surface area contributed by atoms with Gasteiger partial charge in [-0.1, -0.05) is 29.8 Å². The molecule has 0 aliphatic heterocycles. The maximum Gasteiger partial charge on any atom is 0.224 e. The smallest absolute Gasteiger partial charge is 0.224 e. The lowest BCUT2D eigenvalue weighted by Gasteiger charge is -2.22. The summed E-state index contributed by atoms with van der Waals surface area (Å²) >= 11 is 0. The Labute approximate surface area is 127 Å². The molecule has 0 heterocycles. The average Bonchev–Trinajstić information content (AvgIpc) is 2.43. The van der Waals surface area contributed by atoms with Crippen LogP contribution in [0.5, 0.6) is 0 Å². The summed E-state index contributed by atoms with van der Waals surface area (Å²) in [5, 5.41) is 6.32. The van der Waals surface area contributed by atoms with Crippen molar-refractivity contribution in [2.75, 3.05) is 13.1 Å². The van der Waals surface area contributed by atoms with E-state index in [1.54, 1.807) is 0 Å². The number of nitrogens with two attached hydrogens (primary N) is 1. The molecule has 21 heavy (non-hydrogen) atoms. The molecule has 1 aromatic rings. The number of aryl methyl sites for hydroxylation is 1. The topological polar surface area (TPSA) is 79.5 Å². The largest absolute Gasteiger partial charge is 0.369 e. The van der Waals surface area contributed by atoms with Gasteiger partial charge in [0.15, 0.2) is 5.96 Å². The van der Waals surface area contributed by atoms with E-state index in [4.69, 9.17) is 5.73 Å². The second-order valence-electron chi connectivity index (χ2n) is 5.78. The fourth-order valence-corrected chi connectivity index (χ4v) is 1.60. The summed E-state index contributed by atoms with van der Waals surface area (Å²) in [5.74, 6) is 0.358. The van der Waals surface area contributed by atoms with Crippen molar-refractivity contribution in [1.82, 2.24) is 10.6 Å². The third kappa shape index (κ3) is 5.85. The quantitative estimate of drug-likeness (QED) is 0.549. The minimum Gasteiger partial charge on any atom is -0.369 e. The van der Waals surface area contributed by atoms with Crippen LogP contribution < -0.4 is 16.4 Å². The fourth-order valence-electron chi connectivity index (χ4n) is 1.60. The van der Waals surface area contributed by atoms with Crippen LogP contribution >= 0.6 is 0 Å². The molecule has 1 aromatic carbocycles. The van der Waals surface area contributed by atoms with E-state index >= 15 is 0 Å². The lowest BCUT2D eigenvalue weighted by atomic mass is 9.93. The van der Waals surface area contributed by atoms with E-state index in [1.807, 2.05) is 20.8 Å². The summed E-state index contributed by atoms with van der Waals surface area (Å²) in [6.07, 6.45) is 0. The van der Waals surface area contributed by atoms with Crippen molar-refractivity contribution in [3.05, 3.63) is 35.4 Å². The molecule has 0 aliphatic rings. The molecular weight excluding hydrogens is 264 g/mol. The Morgan fingerprint density at radius 3 is 2.38 bits per heavy atom. The monoisotopic (exact) mass is 290 g/mol. The van der Waals surface area contributed by atoms with Gasteiger partial charge >= 0.3 is 0 Å². The zero-order valence-electron chi connectivity index (χ0n) is 13.4. The molecule has 0 saturated carbocycles. The first-order valence-electron chi connectivity index (χ1n) is 7.23. The van der Waals surface area contributed by atoms with Gasteiger partial charge in [-0.05, 0) is 33.3 Å². The van der Waals surface area contributed by atoms with E-state index in [0.717, 1.165) is 12.1 Å². The molecule has 0 bridgehead atoms. The summed E-state index contributed by atoms with van der Waals surface area (Å²) in [5.41, 5.74) is 7.14. The third-order valence-corrected chi connectivity index (χ3v) is 3.25. The predicted octanol–water partition coefficient (Wildman–Crippen LogP) is 1.56. The van der Waals surface area contributed by atoms with Gasteiger partial charge in [0.1, 0.15) is 0 Å². The Bertz CT molecular complexity index is 492. The Hall–Kier alpha value is -2.04. The molecule has 4 N–H and O–H groups in total. The number of carbonyl (C=O) groups is 1. The van der Waals surface area contributed by atoms with Crippen LogP contribution in [0, 0.1) is 12.3 Å². The van der Waals surface area contributed by atoms with Crippen molar-refractivity contribution in [3.8, 4) is 0 Å². The number of amides is 1. The van der Waals surface area contributed by atoms with E-state index in [2.05, 4.69) is 46.8 Å². The lowest BCUT2D eigenvalue weighted by molar-refractivity contribution is -0.125. The SMILES string of the molecule is CCNC(=NCc1ccc(C)cc1)NCC(C)(C)C(N)=O. The van der Waals surface area contributed by atoms with Gasteiger partial charge in [-0.2, -0.15) is 0 Å². The number of aliphatic imine (C=N–C) groups is 1. The van der Waals surface area contributed by atoms with Gasteiger partial charge in [-0.3, -0.25) is 4.79 Å². The summed E-state index contributed by atoms with van der Waals surface area (Å²) < 4.78 is 0. The van der Waals surface area contributed by atoms with E-state index in [1.165, 1.54) is 5.56 Å². The van der Waals surface area contributed by atoms with Crippen molar-refractivity contribution in [1.29, 1.82) is 0 Å². The normalized spacial score (nSPS) is 12.1. The highest BCUT2D eigenvalue weighted by Crippen LogP contribution is 2.11. The number of nitrogens with one attached hydrogen (secondary N) is 2. The molecule has 0 radical (unpaired) electrons. The number of rotatable bonds is 6. The maximum atomic E-state index is 11.3. The molecule has 0 aromatic heterocycles. The molecule has 1 rings (SSSR count). The van der Waals surface area contributed by atoms with Crippen LogP contribution in [0.3, 0.4) is 0 Å². The van der Waals surface area contributed by atoms with Gasteiger partial charge in [-0.25, -0.2) is 4.99 Å². The van der Waals surface area contributed by atoms with Gasteiger partial charge in [0.05, 0.1) is 12.0 Å². The third-order valence-electron chi connectivity index (χ3n) is 3.25. The van der Waals surface area contributed by atoms with Crippen LogP contribution in [0.4, 0.5) is 0 Å². The first-order valence-corrected chi connectivity index (χ1v) is 7.23. The number of primary amides is 1. The Kier molecular flexibility index (Phi) is 6.21. The van der Waals surface area contributed by atoms with Gasteiger partial charge in [-0.15, -0.1) is 0 Å². The van der Waals surface area contributed by atoms with Crippen molar-refractivity contribution >= 4 is 11.9 Å². The maximum absolute atomic E-state index is 11.3. The van der Waals surface area contributed by atoms with Crippen LogP contribution in [0.2, 0.25) is 0 Å². The molecule has 0 unspecified atom stereocenters. The highest BCUT2D eigenvalue weighted by Gasteiger charge is 2.24. The Morgan fingerprint density at radius 2 is 1.86 bits per heavy atom. The molecule has 0 fully saturated rings. The van der Waals surface area contributed by atoms with Crippen molar-refractivity contribution in [2.24, 2.45) is 16.1 Å². The number of hydrogen-bond donors (Lipinski definition) is 3. The molecular formula is C16H26N4O. The second kappa shape index (κ2) is 7.67. The number of hydrogen-bond acceptors (Lipinski definition) is 2. The number of carbonyl (C=O) groups excluding carboxylic acids is 1. The van der Waals surface area contributed by atoms with Crippen LogP contribution in [0.15, 0.2) is 29.3 Å². The van der Waals surface area contributed by atoms with Crippen molar-refractivity contribution in [3.63, 3.8) is 0 Å². The van der Waals surface area contributed by atoms with E-state index < -0.39 is 5.41 Å². The summed E-state index contributed by atoms with van der Waals surface area (Å²) in [6.45, 7) is 9.48. The fraction of sp³-hybridized carbons (Fsp3) is 0.500. The molecule has 0 atom stereocenters. The standard InChI is InChI=1S/C16H26N4O/c1-5-18-15(20-11-16(3,4)14(17)21)19-10-13-8-6-12(2)7-9-13/h6-9H,5,10-11H2,1-4H3,(H2,17,21)(H2,18,19,20). The van der Waals surface area contributed by atoms with E-state index in [0.29, 0.717) is 19.0 Å². The van der Waals surface area contributed by atoms with Gasteiger partial charge in [0.25, 0.3) is 0 Å². The van der Waals surface area contributed by atoms with Gasteiger partial charge in [0.2, 0.25) is 5.91 Å². The molecule has 0 spiro atoms. The molecule has 5 nitrogen and oxygen atoms in total. The van der Waals surface area contributed by atoms with Gasteiger partial charge in [0, 0.05) is 13.1 Å².